The van der Waals surface area contributed by atoms with Crippen LogP contribution in [0.2, 0.25) is 0 Å². The maximum atomic E-state index is 13.5. The summed E-state index contributed by atoms with van der Waals surface area (Å²) in [4.78, 5) is 21.4. The molecule has 0 spiro atoms. The molecule has 8 nitrogen and oxygen atoms in total. The molecule has 1 aromatic carbocycles. The average molecular weight is 562 g/mol. The molecule has 5 unspecified atom stereocenters. The number of likely N-dealkylation sites (tertiary alicyclic amines) is 1. The molecule has 1 aromatic heterocycles. The van der Waals surface area contributed by atoms with E-state index in [1.54, 1.807) is 24.3 Å². The lowest BCUT2D eigenvalue weighted by atomic mass is 9.47. The number of hydrogen-bond donors (Lipinski definition) is 3. The number of aryl methyl sites for hydroxylation is 1. The Morgan fingerprint density at radius 1 is 1.18 bits per heavy atom. The molecule has 1 saturated heterocycles. The fraction of sp³-hybridized carbons (Fsp3) is 0.643. The number of rotatable bonds is 6. The van der Waals surface area contributed by atoms with Gasteiger partial charge < -0.3 is 15.1 Å². The SMILES string of the molecule is Cc1ccc(S(=O)(=O)Nc2nc3c(s2)CC2C(C)(CO)C(O)CCC2(C)C3CC(=O)N2CCCCC2)cc1. The van der Waals surface area contributed by atoms with Gasteiger partial charge in [-0.1, -0.05) is 31.5 Å². The number of piperidine rings is 1. The van der Waals surface area contributed by atoms with Crippen molar-refractivity contribution in [2.45, 2.75) is 82.6 Å². The predicted octanol–water partition coefficient (Wildman–Crippen LogP) is 4.07. The molecule has 3 N–H and O–H groups in total. The largest absolute Gasteiger partial charge is 0.396 e. The van der Waals surface area contributed by atoms with Crippen LogP contribution in [0.25, 0.3) is 0 Å². The van der Waals surface area contributed by atoms with Gasteiger partial charge in [0.2, 0.25) is 5.91 Å². The van der Waals surface area contributed by atoms with Crippen molar-refractivity contribution in [3.63, 3.8) is 0 Å². The second-order valence-electron chi connectivity index (χ2n) is 11.9. The monoisotopic (exact) mass is 561 g/mol. The van der Waals surface area contributed by atoms with Crippen LogP contribution in [0.1, 0.15) is 74.4 Å². The van der Waals surface area contributed by atoms with Crippen molar-refractivity contribution in [1.29, 1.82) is 0 Å². The third kappa shape index (κ3) is 4.78. The van der Waals surface area contributed by atoms with Crippen molar-refractivity contribution in [1.82, 2.24) is 9.88 Å². The average Bonchev–Trinajstić information content (AvgIpc) is 3.29. The Morgan fingerprint density at radius 2 is 1.87 bits per heavy atom. The van der Waals surface area contributed by atoms with E-state index in [1.165, 1.54) is 11.3 Å². The summed E-state index contributed by atoms with van der Waals surface area (Å²) in [7, 11) is -3.82. The van der Waals surface area contributed by atoms with Crippen molar-refractivity contribution < 1.29 is 23.4 Å². The lowest BCUT2D eigenvalue weighted by Crippen LogP contribution is -2.57. The van der Waals surface area contributed by atoms with Gasteiger partial charge in [0.25, 0.3) is 10.0 Å². The number of aliphatic hydroxyl groups excluding tert-OH is 2. The van der Waals surface area contributed by atoms with Crippen molar-refractivity contribution in [2.24, 2.45) is 16.7 Å². The number of sulfonamides is 1. The van der Waals surface area contributed by atoms with Gasteiger partial charge in [0.05, 0.1) is 23.3 Å². The van der Waals surface area contributed by atoms with Crippen molar-refractivity contribution >= 4 is 32.4 Å². The Morgan fingerprint density at radius 3 is 2.53 bits per heavy atom. The number of hydrogen-bond acceptors (Lipinski definition) is 7. The number of amides is 1. The predicted molar refractivity (Wildman–Crippen MR) is 148 cm³/mol. The van der Waals surface area contributed by atoms with Gasteiger partial charge in [-0.3, -0.25) is 9.52 Å². The van der Waals surface area contributed by atoms with Crippen LogP contribution in [-0.2, 0) is 21.2 Å². The Labute approximate surface area is 229 Å². The smallest absolute Gasteiger partial charge is 0.263 e. The highest BCUT2D eigenvalue weighted by Gasteiger charge is 2.59. The van der Waals surface area contributed by atoms with Gasteiger partial charge in [-0.15, -0.1) is 11.3 Å². The Bertz CT molecular complexity index is 1290. The third-order valence-electron chi connectivity index (χ3n) is 9.53. The van der Waals surface area contributed by atoms with Crippen LogP contribution in [0.15, 0.2) is 29.2 Å². The zero-order valence-electron chi connectivity index (χ0n) is 22.4. The van der Waals surface area contributed by atoms with E-state index >= 15 is 0 Å². The van der Waals surface area contributed by atoms with Gasteiger partial charge in [-0.05, 0) is 68.9 Å². The number of thiazole rings is 1. The second kappa shape index (κ2) is 10.2. The normalized spacial score (nSPS) is 31.4. The van der Waals surface area contributed by atoms with Gasteiger partial charge in [-0.2, -0.15) is 0 Å². The topological polar surface area (TPSA) is 120 Å². The van der Waals surface area contributed by atoms with E-state index in [1.807, 2.05) is 18.7 Å². The molecule has 3 aliphatic rings. The molecule has 10 heteroatoms. The molecule has 2 fully saturated rings. The van der Waals surface area contributed by atoms with Gasteiger partial charge in [0, 0.05) is 35.7 Å². The van der Waals surface area contributed by atoms with Crippen molar-refractivity contribution in [3.8, 4) is 0 Å². The molecule has 208 valence electrons. The van der Waals surface area contributed by atoms with Gasteiger partial charge in [-0.25, -0.2) is 13.4 Å². The fourth-order valence-corrected chi connectivity index (χ4v) is 9.33. The van der Waals surface area contributed by atoms with Crippen LogP contribution >= 0.6 is 11.3 Å². The van der Waals surface area contributed by atoms with E-state index in [9.17, 15) is 23.4 Å². The van der Waals surface area contributed by atoms with E-state index < -0.39 is 21.5 Å². The lowest BCUT2D eigenvalue weighted by molar-refractivity contribution is -0.147. The number of nitrogens with zero attached hydrogens (tertiary/aromatic N) is 2. The Hall–Kier alpha value is -2.01. The van der Waals surface area contributed by atoms with Crippen LogP contribution in [0.3, 0.4) is 0 Å². The first-order valence-electron chi connectivity index (χ1n) is 13.6. The van der Waals surface area contributed by atoms with Crippen LogP contribution in [-0.4, -0.2) is 60.2 Å². The molecule has 1 aliphatic heterocycles. The second-order valence-corrected chi connectivity index (χ2v) is 14.7. The van der Waals surface area contributed by atoms with Gasteiger partial charge in [0.1, 0.15) is 0 Å². The number of aromatic nitrogens is 1. The summed E-state index contributed by atoms with van der Waals surface area (Å²) in [6.07, 6.45) is 4.66. The van der Waals surface area contributed by atoms with E-state index in [0.29, 0.717) is 30.8 Å². The fourth-order valence-electron chi connectivity index (χ4n) is 7.03. The highest BCUT2D eigenvalue weighted by atomic mass is 32.2. The van der Waals surface area contributed by atoms with Crippen LogP contribution in [0.5, 0.6) is 0 Å². The number of anilines is 1. The number of benzene rings is 1. The molecule has 38 heavy (non-hydrogen) atoms. The van der Waals surface area contributed by atoms with E-state index in [2.05, 4.69) is 11.6 Å². The number of fused-ring (bicyclic) bond motifs is 2. The lowest BCUT2D eigenvalue weighted by Gasteiger charge is -2.58. The summed E-state index contributed by atoms with van der Waals surface area (Å²) in [6, 6.07) is 6.68. The number of nitrogens with one attached hydrogen (secondary N) is 1. The van der Waals surface area contributed by atoms with Gasteiger partial charge >= 0.3 is 0 Å². The molecule has 2 heterocycles. The first-order chi connectivity index (χ1) is 18.0. The molecule has 5 atom stereocenters. The third-order valence-corrected chi connectivity index (χ3v) is 12.0. The molecule has 2 aliphatic carbocycles. The first-order valence-corrected chi connectivity index (χ1v) is 15.9. The Balaban J connectivity index is 1.52. The summed E-state index contributed by atoms with van der Waals surface area (Å²) in [5.74, 6) is -0.190. The number of carbonyl (C=O) groups is 1. The summed E-state index contributed by atoms with van der Waals surface area (Å²) < 4.78 is 28.9. The first kappa shape index (κ1) is 27.6. The minimum Gasteiger partial charge on any atom is -0.396 e. The Kier molecular flexibility index (Phi) is 7.39. The van der Waals surface area contributed by atoms with Crippen LogP contribution < -0.4 is 4.72 Å². The molecule has 0 bridgehead atoms. The number of aliphatic hydroxyl groups is 2. The highest BCUT2D eigenvalue weighted by molar-refractivity contribution is 7.93. The summed E-state index contributed by atoms with van der Waals surface area (Å²) in [5, 5.41) is 21.7. The standard InChI is InChI=1S/C28H39N3O5S2/c1-18-7-9-19(10-8-18)38(35,36)30-26-29-25-20(15-24(34)31-13-5-4-6-14-31)27(2)12-11-23(33)28(3,17-32)22(27)16-21(25)37-26/h7-10,20,22-23,32-33H,4-6,11-17H2,1-3H3,(H,29,30). The van der Waals surface area contributed by atoms with E-state index in [0.717, 1.165) is 48.5 Å². The molecule has 0 radical (unpaired) electrons. The molecule has 2 aromatic rings. The summed E-state index contributed by atoms with van der Waals surface area (Å²) in [5.41, 5.74) is 0.677. The van der Waals surface area contributed by atoms with Gasteiger partial charge in [0.15, 0.2) is 5.13 Å². The number of carbonyl (C=O) groups excluding carboxylic acids is 1. The minimum absolute atomic E-state index is 0.0718. The summed E-state index contributed by atoms with van der Waals surface area (Å²) in [6.45, 7) is 7.40. The molecule has 1 saturated carbocycles. The van der Waals surface area contributed by atoms with Crippen LogP contribution in [0, 0.1) is 23.7 Å². The molecular formula is C28H39N3O5S2. The minimum atomic E-state index is -3.82. The summed E-state index contributed by atoms with van der Waals surface area (Å²) >= 11 is 1.30. The molecule has 5 rings (SSSR count). The highest BCUT2D eigenvalue weighted by Crippen LogP contribution is 2.63. The van der Waals surface area contributed by atoms with Crippen molar-refractivity contribution in [2.75, 3.05) is 24.4 Å². The molecule has 1 amide bonds. The zero-order chi connectivity index (χ0) is 27.3. The maximum absolute atomic E-state index is 13.5. The van der Waals surface area contributed by atoms with E-state index in [4.69, 9.17) is 4.98 Å². The van der Waals surface area contributed by atoms with Crippen LogP contribution in [0.4, 0.5) is 5.13 Å². The maximum Gasteiger partial charge on any atom is 0.263 e. The zero-order valence-corrected chi connectivity index (χ0v) is 24.1. The quantitative estimate of drug-likeness (QED) is 0.489. The van der Waals surface area contributed by atoms with E-state index in [-0.39, 0.29) is 34.7 Å². The van der Waals surface area contributed by atoms with Crippen molar-refractivity contribution in [3.05, 3.63) is 40.4 Å². The molecular weight excluding hydrogens is 522 g/mol.